The van der Waals surface area contributed by atoms with Gasteiger partial charge in [-0.05, 0) is 84.9 Å². The summed E-state index contributed by atoms with van der Waals surface area (Å²) in [6.07, 6.45) is 1.33. The Morgan fingerprint density at radius 3 is 2.22 bits per heavy atom. The maximum atomic E-state index is 13.2. The van der Waals surface area contributed by atoms with Crippen molar-refractivity contribution < 1.29 is 78.2 Å². The van der Waals surface area contributed by atoms with Gasteiger partial charge in [0, 0.05) is 88.1 Å². The molecule has 0 aliphatic carbocycles. The summed E-state index contributed by atoms with van der Waals surface area (Å²) in [7, 11) is 9.81. The number of fused-ring (bicyclic) bond motifs is 1. The molecule has 0 radical (unpaired) electrons. The van der Waals surface area contributed by atoms with E-state index in [1.165, 1.54) is 29.6 Å². The van der Waals surface area contributed by atoms with Gasteiger partial charge in [0.25, 0.3) is 0 Å². The number of aromatic carboxylic acids is 1. The molecule has 0 saturated carbocycles. The Hall–Kier alpha value is -3.85. The molecular weight excluding hydrogens is 1050 g/mol. The highest BCUT2D eigenvalue weighted by Gasteiger charge is 2.46. The van der Waals surface area contributed by atoms with Crippen LogP contribution in [-0.4, -0.2) is 193 Å². The van der Waals surface area contributed by atoms with Gasteiger partial charge in [0.2, 0.25) is 5.43 Å². The highest BCUT2D eigenvalue weighted by atomic mass is 32.2. The standard InChI is InChI=1S/C30H56O9.C23H32N4O7S.C2H7N.CH4O/c1-11-24(30(9,35)25(33)18(2)3)38-27(34)21(6)14-20(5)26(29(8,17-36-10)15-19(4)16-31)39-28-23(32)13-12-22(7)37-28;1-13-9-19(29)33-14(2)21(13)34-18(28)5-6-24-7-8-35-15-10-16-20(30)17(23(31)32)12-27(26(3)4)22(16)25-11-15;1-3-2;1-2/h16,18-26,28,32-33,35H,11-15,17H2,1-10H3;10-14,19,21,24,29H,5-9H2,1-4H3,(H,31,32);3H,1-2H3;2H,1H3/t19-,20+,21?,22-,23?,24-,25-,26-,28+,29?,30-;13?,14?,19-,21-;;/m11../s1. The summed E-state index contributed by atoms with van der Waals surface area (Å²) in [5.74, 6) is -2.61. The number of carbonyl (C=O) groups is 4. The number of carboxylic acids is 1. The summed E-state index contributed by atoms with van der Waals surface area (Å²) in [4.78, 5) is 66.2. The minimum atomic E-state index is -1.59. The highest BCUT2D eigenvalue weighted by molar-refractivity contribution is 7.99. The SMILES string of the molecule is CC1C[C@H](O)OC(C)[C@@H]1OC(=O)CCNCCSc1cnc2c(c1)c(=O)c(C(=O)O)cn2N(C)C.CC[C@@H](OC(=O)C(C)C[C@H](C)[C@@H](O[C@@H]1O[C@H](C)CCC1O)C(C)(COC)C[C@@H](C)C=O)[C@@](C)(O)[C@H](O)C(C)C.CNC.CO. The first-order chi connectivity index (χ1) is 37.0. The van der Waals surface area contributed by atoms with Gasteiger partial charge in [0.1, 0.15) is 35.8 Å². The number of methoxy groups -OCH3 is 1. The molecule has 2 aromatic heterocycles. The fourth-order valence-electron chi connectivity index (χ4n) is 10.1. The van der Waals surface area contributed by atoms with Crippen LogP contribution in [0.25, 0.3) is 11.0 Å². The lowest BCUT2D eigenvalue weighted by molar-refractivity contribution is -0.279. The number of hydrogen-bond donors (Lipinski definition) is 8. The van der Waals surface area contributed by atoms with Crippen LogP contribution in [0.5, 0.6) is 0 Å². The number of nitrogens with zero attached hydrogens (tertiary/aromatic N) is 3. The van der Waals surface area contributed by atoms with Crippen molar-refractivity contribution in [1.29, 1.82) is 0 Å². The van der Waals surface area contributed by atoms with Crippen molar-refractivity contribution in [3.05, 3.63) is 34.2 Å². The van der Waals surface area contributed by atoms with Gasteiger partial charge in [-0.3, -0.25) is 14.4 Å². The number of aliphatic hydroxyl groups is 5. The maximum absolute atomic E-state index is 13.2. The summed E-state index contributed by atoms with van der Waals surface area (Å²) in [5, 5.41) is 66.0. The van der Waals surface area contributed by atoms with E-state index < -0.39 is 71.3 Å². The van der Waals surface area contributed by atoms with Crippen molar-refractivity contribution >= 4 is 47.0 Å². The van der Waals surface area contributed by atoms with E-state index in [9.17, 15) is 49.5 Å². The lowest BCUT2D eigenvalue weighted by atomic mass is 9.71. The molecule has 0 aromatic carbocycles. The number of hydrogen-bond acceptors (Lipinski definition) is 21. The van der Waals surface area contributed by atoms with Crippen molar-refractivity contribution in [2.24, 2.45) is 35.0 Å². The van der Waals surface area contributed by atoms with E-state index in [0.29, 0.717) is 63.2 Å². The zero-order valence-corrected chi connectivity index (χ0v) is 50.9. The molecule has 4 rings (SSSR count). The number of aliphatic hydroxyl groups excluding tert-OH is 4. The molecule has 2 aliphatic heterocycles. The number of carboxylic acid groups (broad SMARTS) is 1. The number of nitrogens with one attached hydrogen (secondary N) is 2. The average Bonchev–Trinajstić information content (AvgIpc) is 3.38. The summed E-state index contributed by atoms with van der Waals surface area (Å²) < 4.78 is 36.2. The van der Waals surface area contributed by atoms with Gasteiger partial charge in [-0.1, -0.05) is 55.4 Å². The van der Waals surface area contributed by atoms with Gasteiger partial charge in [0.05, 0.1) is 48.7 Å². The van der Waals surface area contributed by atoms with Gasteiger partial charge in [0.15, 0.2) is 18.2 Å². The van der Waals surface area contributed by atoms with Crippen molar-refractivity contribution in [3.63, 3.8) is 0 Å². The van der Waals surface area contributed by atoms with Crippen LogP contribution >= 0.6 is 11.8 Å². The van der Waals surface area contributed by atoms with Crippen molar-refractivity contribution in [2.45, 2.75) is 187 Å². The average molecular weight is 1150 g/mol. The van der Waals surface area contributed by atoms with Crippen molar-refractivity contribution in [3.8, 4) is 0 Å². The molecule has 2 aliphatic rings. The predicted molar refractivity (Wildman–Crippen MR) is 303 cm³/mol. The van der Waals surface area contributed by atoms with E-state index in [2.05, 4.69) is 15.6 Å². The number of thioether (sulfide) groups is 1. The fourth-order valence-corrected chi connectivity index (χ4v) is 10.9. The molecule has 2 fully saturated rings. The van der Waals surface area contributed by atoms with Gasteiger partial charge in [-0.25, -0.2) is 14.5 Å². The number of carbonyl (C=O) groups excluding carboxylic acids is 3. The number of ether oxygens (including phenoxy) is 6. The second-order valence-corrected chi connectivity index (χ2v) is 23.2. The van der Waals surface area contributed by atoms with Gasteiger partial charge < -0.3 is 79.5 Å². The molecule has 4 heterocycles. The minimum absolute atomic E-state index is 0.0195. The third kappa shape index (κ3) is 22.8. The lowest BCUT2D eigenvalue weighted by Crippen LogP contribution is -2.53. The predicted octanol–water partition coefficient (Wildman–Crippen LogP) is 4.37. The van der Waals surface area contributed by atoms with E-state index in [1.807, 2.05) is 48.7 Å². The molecule has 5 unspecified atom stereocenters. The van der Waals surface area contributed by atoms with Crippen LogP contribution in [0, 0.1) is 35.0 Å². The number of pyridine rings is 2. The Kier molecular flexibility index (Phi) is 33.2. The molecule has 23 heteroatoms. The smallest absolute Gasteiger partial charge is 0.341 e. The van der Waals surface area contributed by atoms with E-state index in [1.54, 1.807) is 73.1 Å². The summed E-state index contributed by atoms with van der Waals surface area (Å²) in [6, 6.07) is 1.66. The molecule has 15 atom stereocenters. The van der Waals surface area contributed by atoms with Gasteiger partial charge in [-0.15, -0.1) is 11.8 Å². The lowest BCUT2D eigenvalue weighted by Gasteiger charge is -2.45. The molecule has 79 heavy (non-hydrogen) atoms. The first-order valence-corrected chi connectivity index (χ1v) is 28.4. The van der Waals surface area contributed by atoms with Crippen LogP contribution in [0.15, 0.2) is 28.2 Å². The first-order valence-electron chi connectivity index (χ1n) is 27.4. The summed E-state index contributed by atoms with van der Waals surface area (Å²) >= 11 is 1.47. The summed E-state index contributed by atoms with van der Waals surface area (Å²) in [5.41, 5.74) is -2.71. The molecule has 456 valence electrons. The fraction of sp³-hybridized carbons (Fsp3) is 0.786. The van der Waals surface area contributed by atoms with Crippen LogP contribution in [0.4, 0.5) is 0 Å². The van der Waals surface area contributed by atoms with Gasteiger partial charge >= 0.3 is 17.9 Å². The van der Waals surface area contributed by atoms with Crippen LogP contribution in [0.3, 0.4) is 0 Å². The number of esters is 2. The van der Waals surface area contributed by atoms with Crippen LogP contribution in [0.1, 0.15) is 131 Å². The Morgan fingerprint density at radius 2 is 1.67 bits per heavy atom. The summed E-state index contributed by atoms with van der Waals surface area (Å²) in [6.45, 7) is 21.5. The first kappa shape index (κ1) is 73.2. The van der Waals surface area contributed by atoms with Crippen LogP contribution < -0.4 is 21.1 Å². The molecule has 22 nitrogen and oxygen atoms in total. The molecule has 2 saturated heterocycles. The Labute approximate surface area is 472 Å². The van der Waals surface area contributed by atoms with E-state index >= 15 is 0 Å². The second kappa shape index (κ2) is 35.9. The van der Waals surface area contributed by atoms with E-state index in [0.717, 1.165) is 24.7 Å². The molecule has 0 amide bonds. The number of aromatic nitrogens is 2. The zero-order chi connectivity index (χ0) is 60.5. The minimum Gasteiger partial charge on any atom is -0.477 e. The van der Waals surface area contributed by atoms with Crippen molar-refractivity contribution in [1.82, 2.24) is 20.3 Å². The van der Waals surface area contributed by atoms with E-state index in [4.69, 9.17) is 33.5 Å². The largest absolute Gasteiger partial charge is 0.477 e. The highest BCUT2D eigenvalue weighted by Crippen LogP contribution is 2.40. The van der Waals surface area contributed by atoms with Crippen LogP contribution in [-0.2, 0) is 42.8 Å². The quantitative estimate of drug-likeness (QED) is 0.0267. The van der Waals surface area contributed by atoms with E-state index in [-0.39, 0.29) is 65.3 Å². The molecule has 2 aromatic rings. The zero-order valence-electron chi connectivity index (χ0n) is 50.1. The molecule has 8 N–H and O–H groups in total. The Bertz CT molecular complexity index is 2170. The maximum Gasteiger partial charge on any atom is 0.341 e. The number of aldehydes is 1. The Balaban J connectivity index is 0.000000733. The topological polar surface area (TPSA) is 307 Å². The third-order valence-corrected chi connectivity index (χ3v) is 14.9. The number of rotatable bonds is 27. The molecule has 0 bridgehead atoms. The van der Waals surface area contributed by atoms with Gasteiger partial charge in [-0.2, -0.15) is 0 Å². The second-order valence-electron chi connectivity index (χ2n) is 22.0. The third-order valence-electron chi connectivity index (χ3n) is 13.9. The molecular formula is C56H99N5O17S. The van der Waals surface area contributed by atoms with Crippen molar-refractivity contribution in [2.75, 3.05) is 72.9 Å². The molecule has 0 spiro atoms. The monoisotopic (exact) mass is 1150 g/mol. The normalized spacial score (nSPS) is 23.9. The Morgan fingerprint density at radius 1 is 1.04 bits per heavy atom. The van der Waals surface area contributed by atoms with Crippen LogP contribution in [0.2, 0.25) is 0 Å².